The van der Waals surface area contributed by atoms with Gasteiger partial charge in [0, 0.05) is 25.6 Å². The molecule has 0 spiro atoms. The fourth-order valence-electron chi connectivity index (χ4n) is 2.82. The van der Waals surface area contributed by atoms with Crippen LogP contribution in [0.2, 0.25) is 5.02 Å². The SMILES string of the molecule is CC(=O)Nc1cc(NC(=O)C2CC(=O)N(Cc3ccco3)C2)ccc1Cl. The third kappa shape index (κ3) is 4.23. The van der Waals surface area contributed by atoms with Crippen molar-refractivity contribution >= 4 is 40.7 Å². The second kappa shape index (κ2) is 7.61. The van der Waals surface area contributed by atoms with Crippen molar-refractivity contribution in [1.82, 2.24) is 4.90 Å². The molecule has 1 aliphatic rings. The number of benzene rings is 1. The largest absolute Gasteiger partial charge is 0.467 e. The number of nitrogens with one attached hydrogen (secondary N) is 2. The van der Waals surface area contributed by atoms with Crippen molar-refractivity contribution in [2.45, 2.75) is 19.9 Å². The van der Waals surface area contributed by atoms with Gasteiger partial charge in [-0.05, 0) is 30.3 Å². The van der Waals surface area contributed by atoms with Crippen molar-refractivity contribution in [2.75, 3.05) is 17.2 Å². The lowest BCUT2D eigenvalue weighted by Crippen LogP contribution is -2.27. The Morgan fingerprint density at radius 3 is 2.81 bits per heavy atom. The zero-order chi connectivity index (χ0) is 18.7. The maximum Gasteiger partial charge on any atom is 0.229 e. The van der Waals surface area contributed by atoms with Gasteiger partial charge in [0.05, 0.1) is 29.4 Å². The van der Waals surface area contributed by atoms with Gasteiger partial charge in [-0.2, -0.15) is 0 Å². The van der Waals surface area contributed by atoms with E-state index in [9.17, 15) is 14.4 Å². The third-order valence-corrected chi connectivity index (χ3v) is 4.39. The predicted molar refractivity (Wildman–Crippen MR) is 96.6 cm³/mol. The average molecular weight is 376 g/mol. The first-order chi connectivity index (χ1) is 12.4. The highest BCUT2D eigenvalue weighted by molar-refractivity contribution is 6.33. The van der Waals surface area contributed by atoms with Crippen molar-refractivity contribution < 1.29 is 18.8 Å². The molecule has 0 radical (unpaired) electrons. The van der Waals surface area contributed by atoms with Crippen molar-refractivity contribution in [3.8, 4) is 0 Å². The molecule has 2 heterocycles. The van der Waals surface area contributed by atoms with E-state index >= 15 is 0 Å². The molecule has 8 heteroatoms. The number of nitrogens with zero attached hydrogens (tertiary/aromatic N) is 1. The van der Waals surface area contributed by atoms with Gasteiger partial charge in [-0.15, -0.1) is 0 Å². The first kappa shape index (κ1) is 18.0. The molecule has 1 aromatic carbocycles. The number of hydrogen-bond donors (Lipinski definition) is 2. The van der Waals surface area contributed by atoms with E-state index in [0.29, 0.717) is 35.2 Å². The van der Waals surface area contributed by atoms with E-state index in [4.69, 9.17) is 16.0 Å². The van der Waals surface area contributed by atoms with Crippen LogP contribution in [0, 0.1) is 5.92 Å². The number of halogens is 1. The van der Waals surface area contributed by atoms with Gasteiger partial charge in [-0.25, -0.2) is 0 Å². The highest BCUT2D eigenvalue weighted by Crippen LogP contribution is 2.27. The molecular formula is C18H18ClN3O4. The van der Waals surface area contributed by atoms with E-state index in [0.717, 1.165) is 0 Å². The summed E-state index contributed by atoms with van der Waals surface area (Å²) in [6, 6.07) is 8.36. The quantitative estimate of drug-likeness (QED) is 0.840. The zero-order valence-corrected chi connectivity index (χ0v) is 14.9. The van der Waals surface area contributed by atoms with Crippen molar-refractivity contribution in [3.63, 3.8) is 0 Å². The lowest BCUT2D eigenvalue weighted by molar-refractivity contribution is -0.128. The van der Waals surface area contributed by atoms with Crippen LogP contribution < -0.4 is 10.6 Å². The standard InChI is InChI=1S/C18H18ClN3O4/c1-11(23)20-16-8-13(4-5-15(16)19)21-18(25)12-7-17(24)22(9-12)10-14-3-2-6-26-14/h2-6,8,12H,7,9-10H2,1H3,(H,20,23)(H,21,25). The Kier molecular flexibility index (Phi) is 5.27. The van der Waals surface area contributed by atoms with E-state index in [2.05, 4.69) is 10.6 Å². The van der Waals surface area contributed by atoms with Crippen LogP contribution in [0.3, 0.4) is 0 Å². The van der Waals surface area contributed by atoms with Gasteiger partial charge in [0.1, 0.15) is 5.76 Å². The maximum atomic E-state index is 12.5. The second-order valence-electron chi connectivity index (χ2n) is 6.12. The Balaban J connectivity index is 1.63. The molecule has 3 rings (SSSR count). The van der Waals surface area contributed by atoms with Crippen LogP contribution in [-0.2, 0) is 20.9 Å². The van der Waals surface area contributed by atoms with Crippen LogP contribution in [0.25, 0.3) is 0 Å². The smallest absolute Gasteiger partial charge is 0.229 e. The van der Waals surface area contributed by atoms with Gasteiger partial charge in [0.15, 0.2) is 0 Å². The van der Waals surface area contributed by atoms with Crippen LogP contribution in [0.15, 0.2) is 41.0 Å². The van der Waals surface area contributed by atoms with E-state index in [-0.39, 0.29) is 24.1 Å². The highest BCUT2D eigenvalue weighted by Gasteiger charge is 2.34. The van der Waals surface area contributed by atoms with Crippen LogP contribution >= 0.6 is 11.6 Å². The first-order valence-corrected chi connectivity index (χ1v) is 8.48. The molecule has 1 aliphatic heterocycles. The minimum atomic E-state index is -0.447. The fourth-order valence-corrected chi connectivity index (χ4v) is 2.99. The third-order valence-electron chi connectivity index (χ3n) is 4.06. The van der Waals surface area contributed by atoms with E-state index in [1.54, 1.807) is 41.5 Å². The summed E-state index contributed by atoms with van der Waals surface area (Å²) in [6.07, 6.45) is 1.70. The van der Waals surface area contributed by atoms with E-state index < -0.39 is 5.92 Å². The Hall–Kier alpha value is -2.80. The molecule has 2 aromatic rings. The van der Waals surface area contributed by atoms with Gasteiger partial charge in [-0.3, -0.25) is 14.4 Å². The number of carbonyl (C=O) groups is 3. The summed E-state index contributed by atoms with van der Waals surface area (Å²) in [5, 5.41) is 5.75. The number of rotatable bonds is 5. The van der Waals surface area contributed by atoms with Gasteiger partial charge >= 0.3 is 0 Å². The zero-order valence-electron chi connectivity index (χ0n) is 14.1. The van der Waals surface area contributed by atoms with Gasteiger partial charge < -0.3 is 20.0 Å². The Morgan fingerprint density at radius 1 is 1.31 bits per heavy atom. The van der Waals surface area contributed by atoms with Crippen LogP contribution in [0.4, 0.5) is 11.4 Å². The van der Waals surface area contributed by atoms with Gasteiger partial charge in [-0.1, -0.05) is 11.6 Å². The van der Waals surface area contributed by atoms with Gasteiger partial charge in [0.25, 0.3) is 0 Å². The summed E-state index contributed by atoms with van der Waals surface area (Å²) in [4.78, 5) is 37.4. The van der Waals surface area contributed by atoms with Gasteiger partial charge in [0.2, 0.25) is 17.7 Å². The maximum absolute atomic E-state index is 12.5. The average Bonchev–Trinajstić information content (AvgIpc) is 3.21. The van der Waals surface area contributed by atoms with Crippen LogP contribution in [0.5, 0.6) is 0 Å². The summed E-state index contributed by atoms with van der Waals surface area (Å²) in [7, 11) is 0. The molecule has 1 atom stereocenters. The Bertz CT molecular complexity index is 835. The molecule has 26 heavy (non-hydrogen) atoms. The minimum Gasteiger partial charge on any atom is -0.467 e. The number of anilines is 2. The van der Waals surface area contributed by atoms with E-state index in [1.165, 1.54) is 6.92 Å². The molecule has 0 bridgehead atoms. The van der Waals surface area contributed by atoms with Crippen LogP contribution in [-0.4, -0.2) is 29.2 Å². The molecular weight excluding hydrogens is 358 g/mol. The molecule has 136 valence electrons. The molecule has 1 unspecified atom stereocenters. The molecule has 7 nitrogen and oxygen atoms in total. The lowest BCUT2D eigenvalue weighted by atomic mass is 10.1. The summed E-state index contributed by atoms with van der Waals surface area (Å²) >= 11 is 6.02. The summed E-state index contributed by atoms with van der Waals surface area (Å²) in [5.74, 6) is -0.368. The monoisotopic (exact) mass is 375 g/mol. The van der Waals surface area contributed by atoms with E-state index in [1.807, 2.05) is 0 Å². The Morgan fingerprint density at radius 2 is 2.12 bits per heavy atom. The predicted octanol–water partition coefficient (Wildman–Crippen LogP) is 2.88. The number of carbonyl (C=O) groups excluding carboxylic acids is 3. The number of furan rings is 1. The molecule has 1 aromatic heterocycles. The number of likely N-dealkylation sites (tertiary alicyclic amines) is 1. The first-order valence-electron chi connectivity index (χ1n) is 8.10. The van der Waals surface area contributed by atoms with Crippen molar-refractivity contribution in [1.29, 1.82) is 0 Å². The topological polar surface area (TPSA) is 91.7 Å². The molecule has 0 saturated carbocycles. The highest BCUT2D eigenvalue weighted by atomic mass is 35.5. The summed E-state index contributed by atoms with van der Waals surface area (Å²) in [5.41, 5.74) is 0.916. The summed E-state index contributed by atoms with van der Waals surface area (Å²) < 4.78 is 5.25. The molecule has 0 aliphatic carbocycles. The molecule has 2 N–H and O–H groups in total. The van der Waals surface area contributed by atoms with Crippen molar-refractivity contribution in [3.05, 3.63) is 47.4 Å². The van der Waals surface area contributed by atoms with Crippen LogP contribution in [0.1, 0.15) is 19.1 Å². The number of amides is 3. The molecule has 3 amide bonds. The molecule has 1 fully saturated rings. The second-order valence-corrected chi connectivity index (χ2v) is 6.53. The fraction of sp³-hybridized carbons (Fsp3) is 0.278. The summed E-state index contributed by atoms with van der Waals surface area (Å²) in [6.45, 7) is 2.06. The lowest BCUT2D eigenvalue weighted by Gasteiger charge is -2.15. The number of hydrogen-bond acceptors (Lipinski definition) is 4. The Labute approximate surface area is 155 Å². The van der Waals surface area contributed by atoms with Crippen molar-refractivity contribution in [2.24, 2.45) is 5.92 Å². The minimum absolute atomic E-state index is 0.0865. The molecule has 1 saturated heterocycles. The normalized spacial score (nSPS) is 16.6.